The van der Waals surface area contributed by atoms with E-state index in [4.69, 9.17) is 4.74 Å². The average molecular weight is 396 g/mol. The molecule has 2 aliphatic heterocycles. The molecule has 1 atom stereocenters. The summed E-state index contributed by atoms with van der Waals surface area (Å²) in [5.74, 6) is -0.857. The summed E-state index contributed by atoms with van der Waals surface area (Å²) in [6.07, 6.45) is 1.34. The second kappa shape index (κ2) is 7.89. The maximum absolute atomic E-state index is 12.6. The van der Waals surface area contributed by atoms with Gasteiger partial charge in [0.05, 0.1) is 12.3 Å². The molecule has 3 rings (SSSR count). The first-order valence-corrected chi connectivity index (χ1v) is 10.7. The summed E-state index contributed by atoms with van der Waals surface area (Å²) in [7, 11) is -3.58. The number of amides is 2. The number of piperidine rings is 1. The van der Waals surface area contributed by atoms with Gasteiger partial charge in [0, 0.05) is 37.3 Å². The van der Waals surface area contributed by atoms with Crippen LogP contribution in [0, 0.1) is 13.8 Å². The van der Waals surface area contributed by atoms with Crippen molar-refractivity contribution in [3.8, 4) is 6.01 Å². The number of aromatic nitrogens is 2. The predicted molar refractivity (Wildman–Crippen MR) is 96.5 cm³/mol. The quantitative estimate of drug-likeness (QED) is 0.641. The van der Waals surface area contributed by atoms with Crippen LogP contribution in [0.25, 0.3) is 0 Å². The van der Waals surface area contributed by atoms with Crippen molar-refractivity contribution in [1.29, 1.82) is 0 Å². The van der Waals surface area contributed by atoms with Crippen molar-refractivity contribution in [3.05, 3.63) is 17.5 Å². The van der Waals surface area contributed by atoms with Gasteiger partial charge in [-0.1, -0.05) is 0 Å². The average Bonchev–Trinajstić information content (AvgIpc) is 3.02. The molecule has 0 saturated carbocycles. The molecule has 10 heteroatoms. The highest BCUT2D eigenvalue weighted by Crippen LogP contribution is 2.20. The third-order valence-corrected chi connectivity index (χ3v) is 6.51. The Labute approximate surface area is 158 Å². The summed E-state index contributed by atoms with van der Waals surface area (Å²) in [5, 5.41) is 0. The highest BCUT2D eigenvalue weighted by atomic mass is 32.2. The van der Waals surface area contributed by atoms with E-state index in [1.54, 1.807) is 0 Å². The van der Waals surface area contributed by atoms with Gasteiger partial charge >= 0.3 is 6.01 Å². The van der Waals surface area contributed by atoms with Crippen LogP contribution in [0.4, 0.5) is 0 Å². The number of hydrogen-bond donors (Lipinski definition) is 0. The Hall–Kier alpha value is -2.07. The van der Waals surface area contributed by atoms with Crippen molar-refractivity contribution in [3.63, 3.8) is 0 Å². The smallest absolute Gasteiger partial charge is 0.317 e. The molecule has 0 spiro atoms. The molecule has 1 aromatic rings. The minimum Gasteiger partial charge on any atom is -0.459 e. The third-order valence-electron chi connectivity index (χ3n) is 4.69. The van der Waals surface area contributed by atoms with Crippen LogP contribution < -0.4 is 4.74 Å². The zero-order chi connectivity index (χ0) is 19.6. The highest BCUT2D eigenvalue weighted by molar-refractivity contribution is 7.89. The molecule has 2 saturated heterocycles. The Morgan fingerprint density at radius 1 is 1.15 bits per heavy atom. The lowest BCUT2D eigenvalue weighted by atomic mass is 10.1. The van der Waals surface area contributed by atoms with Gasteiger partial charge in [0.2, 0.25) is 21.8 Å². The van der Waals surface area contributed by atoms with Crippen LogP contribution in [-0.2, 0) is 19.6 Å². The summed E-state index contributed by atoms with van der Waals surface area (Å²) in [6.45, 7) is 4.13. The number of imide groups is 1. The van der Waals surface area contributed by atoms with Gasteiger partial charge in [-0.25, -0.2) is 18.4 Å². The molecule has 0 unspecified atom stereocenters. The molecule has 148 valence electrons. The molecular formula is C17H24N4O5S. The number of carbonyl (C=O) groups is 2. The van der Waals surface area contributed by atoms with Gasteiger partial charge in [0.25, 0.3) is 0 Å². The lowest BCUT2D eigenvalue weighted by molar-refractivity contribution is -0.147. The first kappa shape index (κ1) is 19.7. The van der Waals surface area contributed by atoms with Crippen LogP contribution in [0.5, 0.6) is 6.01 Å². The number of rotatable bonds is 6. The Morgan fingerprint density at radius 2 is 1.78 bits per heavy atom. The number of likely N-dealkylation sites (tertiary alicyclic amines) is 1. The molecule has 0 aliphatic carbocycles. The first-order chi connectivity index (χ1) is 12.7. The normalized spacial score (nSPS) is 21.7. The molecule has 0 aromatic carbocycles. The second-order valence-corrected chi connectivity index (χ2v) is 9.02. The van der Waals surface area contributed by atoms with Gasteiger partial charge in [-0.3, -0.25) is 14.5 Å². The van der Waals surface area contributed by atoms with E-state index < -0.39 is 10.0 Å². The minimum atomic E-state index is -3.58. The van der Waals surface area contributed by atoms with Crippen LogP contribution in [0.15, 0.2) is 6.07 Å². The summed E-state index contributed by atoms with van der Waals surface area (Å²) in [5.41, 5.74) is 1.58. The molecule has 0 radical (unpaired) electrons. The van der Waals surface area contributed by atoms with Crippen LogP contribution in [-0.4, -0.2) is 70.9 Å². The fourth-order valence-corrected chi connectivity index (χ4v) is 4.78. The van der Waals surface area contributed by atoms with Crippen LogP contribution in [0.2, 0.25) is 0 Å². The van der Waals surface area contributed by atoms with E-state index in [9.17, 15) is 18.0 Å². The largest absolute Gasteiger partial charge is 0.459 e. The summed E-state index contributed by atoms with van der Waals surface area (Å²) in [6, 6.07) is 2.09. The molecule has 9 nitrogen and oxygen atoms in total. The maximum Gasteiger partial charge on any atom is 0.317 e. The number of sulfonamides is 1. The predicted octanol–water partition coefficient (Wildman–Crippen LogP) is 0.415. The Morgan fingerprint density at radius 3 is 2.41 bits per heavy atom. The zero-order valence-electron chi connectivity index (χ0n) is 15.5. The van der Waals surface area contributed by atoms with Crippen LogP contribution >= 0.6 is 0 Å². The first-order valence-electron chi connectivity index (χ1n) is 9.04. The fraction of sp³-hybridized carbons (Fsp3) is 0.647. The van der Waals surface area contributed by atoms with Gasteiger partial charge < -0.3 is 4.74 Å². The minimum absolute atomic E-state index is 0.0950. The Balaban J connectivity index is 1.56. The van der Waals surface area contributed by atoms with E-state index in [1.807, 2.05) is 19.9 Å². The topological polar surface area (TPSA) is 110 Å². The summed E-state index contributed by atoms with van der Waals surface area (Å²) in [4.78, 5) is 33.1. The Kier molecular flexibility index (Phi) is 5.75. The second-order valence-electron chi connectivity index (χ2n) is 6.93. The van der Waals surface area contributed by atoms with Crippen molar-refractivity contribution < 1.29 is 22.7 Å². The molecule has 2 amide bonds. The molecule has 0 N–H and O–H groups in total. The molecule has 1 aromatic heterocycles. The van der Waals surface area contributed by atoms with Crippen molar-refractivity contribution in [1.82, 2.24) is 19.2 Å². The monoisotopic (exact) mass is 396 g/mol. The molecule has 27 heavy (non-hydrogen) atoms. The molecule has 3 heterocycles. The molecule has 2 fully saturated rings. The third kappa shape index (κ3) is 4.81. The van der Waals surface area contributed by atoms with Gasteiger partial charge in [-0.05, 0) is 32.8 Å². The fourth-order valence-electron chi connectivity index (χ4n) is 3.33. The van der Waals surface area contributed by atoms with Crippen molar-refractivity contribution in [2.75, 3.05) is 25.4 Å². The van der Waals surface area contributed by atoms with Crippen molar-refractivity contribution in [2.45, 2.75) is 45.6 Å². The van der Waals surface area contributed by atoms with Crippen LogP contribution in [0.1, 0.15) is 37.1 Å². The molecular weight excluding hydrogens is 372 g/mol. The lowest BCUT2D eigenvalue weighted by Crippen LogP contribution is -2.44. The van der Waals surface area contributed by atoms with Gasteiger partial charge in [-0.15, -0.1) is 0 Å². The highest BCUT2D eigenvalue weighted by Gasteiger charge is 2.34. The van der Waals surface area contributed by atoms with E-state index in [2.05, 4.69) is 9.97 Å². The number of carbonyl (C=O) groups excluding carboxylic acids is 2. The molecule has 0 bridgehead atoms. The number of aryl methyl sites for hydroxylation is 2. The lowest BCUT2D eigenvalue weighted by Gasteiger charge is -2.25. The molecule has 2 aliphatic rings. The van der Waals surface area contributed by atoms with Crippen molar-refractivity contribution in [2.24, 2.45) is 0 Å². The zero-order valence-corrected chi connectivity index (χ0v) is 16.4. The van der Waals surface area contributed by atoms with E-state index >= 15 is 0 Å². The van der Waals surface area contributed by atoms with Crippen LogP contribution in [0.3, 0.4) is 0 Å². The number of ether oxygens (including phenoxy) is 1. The van der Waals surface area contributed by atoms with Gasteiger partial charge in [0.15, 0.2) is 0 Å². The van der Waals surface area contributed by atoms with E-state index in [0.29, 0.717) is 32.2 Å². The van der Waals surface area contributed by atoms with E-state index in [0.717, 1.165) is 16.3 Å². The summed E-state index contributed by atoms with van der Waals surface area (Å²) >= 11 is 0. The van der Waals surface area contributed by atoms with E-state index in [1.165, 1.54) is 4.31 Å². The maximum atomic E-state index is 12.6. The number of hydrogen-bond acceptors (Lipinski definition) is 7. The van der Waals surface area contributed by atoms with Gasteiger partial charge in [-0.2, -0.15) is 4.31 Å². The number of nitrogens with zero attached hydrogens (tertiary/aromatic N) is 4. The van der Waals surface area contributed by atoms with Gasteiger partial charge in [0.1, 0.15) is 6.10 Å². The standard InChI is InChI=1S/C17H24N4O5S/c1-12-10-13(2)19-17(18-12)26-14-6-7-20(11-14)27(24,25)9-8-21-15(22)4-3-5-16(21)23/h10,14H,3-9,11H2,1-2H3/t14-/m1/s1. The SMILES string of the molecule is Cc1cc(C)nc(O[C@@H]2CCN(S(=O)(=O)CCN3C(=O)CCCC3=O)C2)n1. The van der Waals surface area contributed by atoms with Crippen molar-refractivity contribution >= 4 is 21.8 Å². The van der Waals surface area contributed by atoms with E-state index in [-0.39, 0.29) is 42.8 Å². The Bertz CT molecular complexity index is 805. The summed E-state index contributed by atoms with van der Waals surface area (Å²) < 4.78 is 32.3.